The minimum atomic E-state index is -0.552. The fraction of sp³-hybridized carbons (Fsp3) is 0.400. The van der Waals surface area contributed by atoms with Gasteiger partial charge in [-0.05, 0) is 48.4 Å². The van der Waals surface area contributed by atoms with Crippen LogP contribution in [0.1, 0.15) is 18.1 Å². The minimum absolute atomic E-state index is 0.552. The van der Waals surface area contributed by atoms with Crippen molar-refractivity contribution in [2.75, 3.05) is 53.0 Å². The lowest BCUT2D eigenvalue weighted by Gasteiger charge is -2.35. The zero-order valence-electron chi connectivity index (χ0n) is 18.1. The second-order valence-corrected chi connectivity index (χ2v) is 7.96. The molecule has 1 aliphatic heterocycles. The average Bonchev–Trinajstić information content (AvgIpc) is 2.82. The Hall–Kier alpha value is -2.67. The summed E-state index contributed by atoms with van der Waals surface area (Å²) in [5.74, 6) is 1.71. The molecular weight excluding hydrogens is 390 g/mol. The van der Waals surface area contributed by atoms with Crippen molar-refractivity contribution in [3.8, 4) is 11.5 Å². The SMILES string of the molecule is COc1ccc2nccc([C@@H](O)CN3CCN(CCCOc4ccccc4)CC3)c2c1. The maximum atomic E-state index is 10.9. The number of benzene rings is 2. The molecule has 6 nitrogen and oxygen atoms in total. The van der Waals surface area contributed by atoms with Crippen molar-refractivity contribution in [3.05, 3.63) is 66.4 Å². The maximum absolute atomic E-state index is 10.9. The molecule has 0 unspecified atom stereocenters. The van der Waals surface area contributed by atoms with Gasteiger partial charge in [-0.25, -0.2) is 0 Å². The molecule has 0 spiro atoms. The van der Waals surface area contributed by atoms with Crippen LogP contribution >= 0.6 is 0 Å². The number of rotatable bonds is 9. The number of aliphatic hydroxyl groups excluding tert-OH is 1. The van der Waals surface area contributed by atoms with Gasteiger partial charge in [0.1, 0.15) is 11.5 Å². The Bertz CT molecular complexity index is 959. The maximum Gasteiger partial charge on any atom is 0.119 e. The molecule has 0 amide bonds. The van der Waals surface area contributed by atoms with Crippen LogP contribution in [0.3, 0.4) is 0 Å². The first-order chi connectivity index (χ1) is 15.2. The summed E-state index contributed by atoms with van der Waals surface area (Å²) in [6.45, 7) is 6.36. The molecule has 31 heavy (non-hydrogen) atoms. The Morgan fingerprint density at radius 2 is 1.74 bits per heavy atom. The van der Waals surface area contributed by atoms with Gasteiger partial charge in [0.15, 0.2) is 0 Å². The predicted molar refractivity (Wildman–Crippen MR) is 123 cm³/mol. The summed E-state index contributed by atoms with van der Waals surface area (Å²) in [6.07, 6.45) is 2.23. The van der Waals surface area contributed by atoms with E-state index in [1.807, 2.05) is 54.6 Å². The van der Waals surface area contributed by atoms with Gasteiger partial charge in [0.2, 0.25) is 0 Å². The van der Waals surface area contributed by atoms with Crippen LogP contribution < -0.4 is 9.47 Å². The molecule has 0 radical (unpaired) electrons. The topological polar surface area (TPSA) is 58.1 Å². The van der Waals surface area contributed by atoms with Crippen LogP contribution in [-0.4, -0.2) is 72.9 Å². The molecule has 164 valence electrons. The fourth-order valence-corrected chi connectivity index (χ4v) is 4.10. The summed E-state index contributed by atoms with van der Waals surface area (Å²) in [5.41, 5.74) is 1.78. The van der Waals surface area contributed by atoms with Crippen molar-refractivity contribution >= 4 is 10.9 Å². The second-order valence-electron chi connectivity index (χ2n) is 7.96. The molecule has 2 aromatic carbocycles. The van der Waals surface area contributed by atoms with Gasteiger partial charge in [0.05, 0.1) is 25.3 Å². The summed E-state index contributed by atoms with van der Waals surface area (Å²) < 4.78 is 11.1. The molecule has 1 saturated heterocycles. The quantitative estimate of drug-likeness (QED) is 0.535. The molecule has 1 aliphatic rings. The first-order valence-corrected chi connectivity index (χ1v) is 11.0. The van der Waals surface area contributed by atoms with Gasteiger partial charge in [0.25, 0.3) is 0 Å². The number of piperazine rings is 1. The zero-order chi connectivity index (χ0) is 21.5. The van der Waals surface area contributed by atoms with E-state index >= 15 is 0 Å². The van der Waals surface area contributed by atoms with E-state index < -0.39 is 6.10 Å². The second kappa shape index (κ2) is 10.6. The smallest absolute Gasteiger partial charge is 0.119 e. The van der Waals surface area contributed by atoms with Crippen LogP contribution in [0.25, 0.3) is 10.9 Å². The molecule has 1 atom stereocenters. The number of nitrogens with zero attached hydrogens (tertiary/aromatic N) is 3. The Balaban J connectivity index is 1.24. The van der Waals surface area contributed by atoms with Crippen LogP contribution in [-0.2, 0) is 0 Å². The van der Waals surface area contributed by atoms with Gasteiger partial charge in [0, 0.05) is 50.9 Å². The molecule has 0 bridgehead atoms. The lowest BCUT2D eigenvalue weighted by molar-refractivity contribution is 0.0714. The monoisotopic (exact) mass is 421 g/mol. The average molecular weight is 422 g/mol. The molecule has 2 heterocycles. The molecule has 1 aromatic heterocycles. The summed E-state index contributed by atoms with van der Waals surface area (Å²) >= 11 is 0. The Labute approximate surface area is 184 Å². The largest absolute Gasteiger partial charge is 0.497 e. The van der Waals surface area contributed by atoms with E-state index in [4.69, 9.17) is 9.47 Å². The van der Waals surface area contributed by atoms with Gasteiger partial charge < -0.3 is 19.5 Å². The van der Waals surface area contributed by atoms with Gasteiger partial charge in [-0.3, -0.25) is 9.88 Å². The number of para-hydroxylation sites is 1. The van der Waals surface area contributed by atoms with E-state index in [1.165, 1.54) is 0 Å². The number of hydrogen-bond acceptors (Lipinski definition) is 6. The number of methoxy groups -OCH3 is 1. The molecule has 6 heteroatoms. The number of fused-ring (bicyclic) bond motifs is 1. The summed E-state index contributed by atoms with van der Waals surface area (Å²) in [6, 6.07) is 17.7. The van der Waals surface area contributed by atoms with E-state index in [1.54, 1.807) is 13.3 Å². The van der Waals surface area contributed by atoms with Crippen molar-refractivity contribution in [2.24, 2.45) is 0 Å². The van der Waals surface area contributed by atoms with Crippen molar-refractivity contribution in [2.45, 2.75) is 12.5 Å². The van der Waals surface area contributed by atoms with Gasteiger partial charge >= 0.3 is 0 Å². The fourth-order valence-electron chi connectivity index (χ4n) is 4.10. The third-order valence-electron chi connectivity index (χ3n) is 5.87. The Morgan fingerprint density at radius 1 is 0.968 bits per heavy atom. The number of ether oxygens (including phenoxy) is 2. The molecule has 3 aromatic rings. The highest BCUT2D eigenvalue weighted by atomic mass is 16.5. The van der Waals surface area contributed by atoms with Gasteiger partial charge in [-0.15, -0.1) is 0 Å². The van der Waals surface area contributed by atoms with Gasteiger partial charge in [-0.2, -0.15) is 0 Å². The van der Waals surface area contributed by atoms with Crippen molar-refractivity contribution in [1.82, 2.24) is 14.8 Å². The highest BCUT2D eigenvalue weighted by molar-refractivity contribution is 5.83. The number of pyridine rings is 1. The first kappa shape index (κ1) is 21.6. The van der Waals surface area contributed by atoms with Crippen molar-refractivity contribution in [1.29, 1.82) is 0 Å². The van der Waals surface area contributed by atoms with E-state index in [0.29, 0.717) is 6.54 Å². The lowest BCUT2D eigenvalue weighted by Crippen LogP contribution is -2.47. The van der Waals surface area contributed by atoms with Crippen LogP contribution in [0.15, 0.2) is 60.8 Å². The van der Waals surface area contributed by atoms with E-state index in [0.717, 1.165) is 73.7 Å². The van der Waals surface area contributed by atoms with Crippen molar-refractivity contribution in [3.63, 3.8) is 0 Å². The molecule has 4 rings (SSSR count). The van der Waals surface area contributed by atoms with Gasteiger partial charge in [-0.1, -0.05) is 18.2 Å². The molecule has 0 saturated carbocycles. The number of β-amino-alcohol motifs (C(OH)–C–C–N with tert-alkyl or cyclic N) is 1. The first-order valence-electron chi connectivity index (χ1n) is 11.0. The number of aliphatic hydroxyl groups is 1. The zero-order valence-corrected chi connectivity index (χ0v) is 18.1. The minimum Gasteiger partial charge on any atom is -0.497 e. The van der Waals surface area contributed by atoms with Crippen LogP contribution in [0, 0.1) is 0 Å². The van der Waals surface area contributed by atoms with E-state index in [9.17, 15) is 5.11 Å². The standard InChI is InChI=1S/C25H31N3O3/c1-30-21-8-9-24-23(18-21)22(10-11-26-24)25(29)19-28-15-13-27(14-16-28)12-5-17-31-20-6-3-2-4-7-20/h2-4,6-11,18,25,29H,5,12-17,19H2,1H3/t25-/m0/s1. The molecular formula is C25H31N3O3. The van der Waals surface area contributed by atoms with Crippen LogP contribution in [0.5, 0.6) is 11.5 Å². The predicted octanol–water partition coefficient (Wildman–Crippen LogP) is 3.36. The molecule has 0 aliphatic carbocycles. The molecule has 1 N–H and O–H groups in total. The normalized spacial score (nSPS) is 16.3. The third-order valence-corrected chi connectivity index (χ3v) is 5.87. The highest BCUT2D eigenvalue weighted by Crippen LogP contribution is 2.27. The lowest BCUT2D eigenvalue weighted by atomic mass is 10.0. The van der Waals surface area contributed by atoms with Crippen LogP contribution in [0.4, 0.5) is 0 Å². The number of aromatic nitrogens is 1. The Kier molecular flexibility index (Phi) is 7.35. The summed E-state index contributed by atoms with van der Waals surface area (Å²) in [4.78, 5) is 9.23. The van der Waals surface area contributed by atoms with E-state index in [2.05, 4.69) is 14.8 Å². The van der Waals surface area contributed by atoms with Crippen LogP contribution in [0.2, 0.25) is 0 Å². The Morgan fingerprint density at radius 3 is 2.52 bits per heavy atom. The molecule has 1 fully saturated rings. The third kappa shape index (κ3) is 5.73. The number of hydrogen-bond donors (Lipinski definition) is 1. The highest BCUT2D eigenvalue weighted by Gasteiger charge is 2.21. The van der Waals surface area contributed by atoms with E-state index in [-0.39, 0.29) is 0 Å². The summed E-state index contributed by atoms with van der Waals surface area (Å²) in [5, 5.41) is 11.9. The summed E-state index contributed by atoms with van der Waals surface area (Å²) in [7, 11) is 1.65. The van der Waals surface area contributed by atoms with Crippen molar-refractivity contribution < 1.29 is 14.6 Å².